The predicted molar refractivity (Wildman–Crippen MR) is 133 cm³/mol. The lowest BCUT2D eigenvalue weighted by Crippen LogP contribution is -2.49. The molecule has 8 heteroatoms. The van der Waals surface area contributed by atoms with E-state index in [2.05, 4.69) is 22.5 Å². The van der Waals surface area contributed by atoms with Gasteiger partial charge in [0.15, 0.2) is 11.5 Å². The Bertz CT molecular complexity index is 1110. The number of nitrogens with zero attached hydrogens (tertiary/aromatic N) is 4. The lowest BCUT2D eigenvalue weighted by Gasteiger charge is -2.35. The van der Waals surface area contributed by atoms with Crippen molar-refractivity contribution in [1.82, 2.24) is 14.5 Å². The molecule has 1 fully saturated rings. The van der Waals surface area contributed by atoms with Gasteiger partial charge in [-0.25, -0.2) is 4.98 Å². The lowest BCUT2D eigenvalue weighted by atomic mass is 10.1. The molecule has 1 saturated heterocycles. The van der Waals surface area contributed by atoms with Gasteiger partial charge in [0.1, 0.15) is 0 Å². The summed E-state index contributed by atoms with van der Waals surface area (Å²) in [6.07, 6.45) is 0. The molecule has 0 unspecified atom stereocenters. The van der Waals surface area contributed by atoms with Gasteiger partial charge in [0.05, 0.1) is 30.9 Å². The number of hydrogen-bond donors (Lipinski definition) is 0. The maximum absolute atomic E-state index is 13.4. The molecule has 0 N–H and O–H groups in total. The highest BCUT2D eigenvalue weighted by atomic mass is 16.5. The minimum absolute atomic E-state index is 0.0337. The summed E-state index contributed by atoms with van der Waals surface area (Å²) in [6.45, 7) is 12.8. The van der Waals surface area contributed by atoms with Gasteiger partial charge in [-0.05, 0) is 52.0 Å². The summed E-state index contributed by atoms with van der Waals surface area (Å²) in [5, 5.41) is 0. The van der Waals surface area contributed by atoms with E-state index < -0.39 is 0 Å². The van der Waals surface area contributed by atoms with E-state index in [4.69, 9.17) is 19.2 Å². The molecule has 0 saturated carbocycles. The van der Waals surface area contributed by atoms with Crippen molar-refractivity contribution < 1.29 is 19.0 Å². The van der Waals surface area contributed by atoms with Crippen LogP contribution >= 0.6 is 0 Å². The quantitative estimate of drug-likeness (QED) is 0.471. The SMILES string of the molecule is CCOc1cc(C(=O)N2CCN(c3nc4ccccc4n3CC)CC2)cc(OCC)c1OCC. The Morgan fingerprint density at radius 1 is 0.882 bits per heavy atom. The van der Waals surface area contributed by atoms with Crippen LogP contribution in [0.2, 0.25) is 0 Å². The number of hydrogen-bond acceptors (Lipinski definition) is 6. The summed E-state index contributed by atoms with van der Waals surface area (Å²) in [5.74, 6) is 2.55. The average Bonchev–Trinajstić information content (AvgIpc) is 3.24. The van der Waals surface area contributed by atoms with E-state index in [9.17, 15) is 4.79 Å². The third-order valence-corrected chi connectivity index (χ3v) is 5.96. The number of piperazine rings is 1. The molecule has 0 atom stereocenters. The van der Waals surface area contributed by atoms with E-state index in [1.165, 1.54) is 0 Å². The highest BCUT2D eigenvalue weighted by Crippen LogP contribution is 2.39. The van der Waals surface area contributed by atoms with Crippen LogP contribution in [0.3, 0.4) is 0 Å². The molecular formula is C26H34N4O4. The Hall–Kier alpha value is -3.42. The van der Waals surface area contributed by atoms with Gasteiger partial charge in [0, 0.05) is 38.3 Å². The van der Waals surface area contributed by atoms with Gasteiger partial charge in [-0.3, -0.25) is 4.79 Å². The lowest BCUT2D eigenvalue weighted by molar-refractivity contribution is 0.0745. The number of benzene rings is 2. The molecule has 0 spiro atoms. The third kappa shape index (κ3) is 4.62. The number of carbonyl (C=O) groups excluding carboxylic acids is 1. The van der Waals surface area contributed by atoms with Crippen molar-refractivity contribution in [3.63, 3.8) is 0 Å². The molecule has 2 aromatic carbocycles. The Kier molecular flexibility index (Phi) is 7.45. The van der Waals surface area contributed by atoms with E-state index in [1.807, 2.05) is 43.9 Å². The fraction of sp³-hybridized carbons (Fsp3) is 0.462. The molecular weight excluding hydrogens is 432 g/mol. The summed E-state index contributed by atoms with van der Waals surface area (Å²) in [7, 11) is 0. The molecule has 1 amide bonds. The van der Waals surface area contributed by atoms with Crippen LogP contribution < -0.4 is 19.1 Å². The Labute approximate surface area is 201 Å². The van der Waals surface area contributed by atoms with Crippen LogP contribution in [0.1, 0.15) is 38.1 Å². The number of rotatable bonds is 9. The van der Waals surface area contributed by atoms with Gasteiger partial charge in [-0.2, -0.15) is 0 Å². The number of anilines is 1. The van der Waals surface area contributed by atoms with Gasteiger partial charge in [-0.1, -0.05) is 12.1 Å². The van der Waals surface area contributed by atoms with E-state index in [1.54, 1.807) is 12.1 Å². The van der Waals surface area contributed by atoms with Gasteiger partial charge in [0.2, 0.25) is 11.7 Å². The maximum Gasteiger partial charge on any atom is 0.254 e. The monoisotopic (exact) mass is 466 g/mol. The van der Waals surface area contributed by atoms with Crippen molar-refractivity contribution in [2.75, 3.05) is 50.9 Å². The van der Waals surface area contributed by atoms with Crippen molar-refractivity contribution >= 4 is 22.9 Å². The summed E-state index contributed by atoms with van der Waals surface area (Å²) < 4.78 is 19.6. The largest absolute Gasteiger partial charge is 0.490 e. The van der Waals surface area contributed by atoms with Crippen LogP contribution in [0.25, 0.3) is 11.0 Å². The smallest absolute Gasteiger partial charge is 0.254 e. The van der Waals surface area contributed by atoms with E-state index in [0.717, 1.165) is 36.6 Å². The maximum atomic E-state index is 13.4. The van der Waals surface area contributed by atoms with Gasteiger partial charge in [0.25, 0.3) is 5.91 Å². The molecule has 2 heterocycles. The molecule has 8 nitrogen and oxygen atoms in total. The van der Waals surface area contributed by atoms with Crippen LogP contribution in [0.15, 0.2) is 36.4 Å². The van der Waals surface area contributed by atoms with Crippen LogP contribution in [-0.4, -0.2) is 66.4 Å². The Morgan fingerprint density at radius 2 is 1.50 bits per heavy atom. The zero-order chi connectivity index (χ0) is 24.1. The van der Waals surface area contributed by atoms with Gasteiger partial charge >= 0.3 is 0 Å². The van der Waals surface area contributed by atoms with E-state index >= 15 is 0 Å². The fourth-order valence-electron chi connectivity index (χ4n) is 4.42. The minimum atomic E-state index is -0.0337. The number of carbonyl (C=O) groups is 1. The number of amides is 1. The van der Waals surface area contributed by atoms with Crippen molar-refractivity contribution in [2.24, 2.45) is 0 Å². The van der Waals surface area contributed by atoms with Crippen LogP contribution in [0.4, 0.5) is 5.95 Å². The molecule has 0 aliphatic carbocycles. The highest BCUT2D eigenvalue weighted by Gasteiger charge is 2.27. The van der Waals surface area contributed by atoms with E-state index in [-0.39, 0.29) is 5.91 Å². The second kappa shape index (κ2) is 10.7. The van der Waals surface area contributed by atoms with Crippen molar-refractivity contribution in [1.29, 1.82) is 0 Å². The molecule has 1 aliphatic rings. The first-order chi connectivity index (χ1) is 16.6. The van der Waals surface area contributed by atoms with Gasteiger partial charge in [-0.15, -0.1) is 0 Å². The van der Waals surface area contributed by atoms with Crippen molar-refractivity contribution in [3.05, 3.63) is 42.0 Å². The number of para-hydroxylation sites is 2. The molecule has 0 bridgehead atoms. The number of imidazole rings is 1. The number of aromatic nitrogens is 2. The van der Waals surface area contributed by atoms with Crippen molar-refractivity contribution in [2.45, 2.75) is 34.2 Å². The summed E-state index contributed by atoms with van der Waals surface area (Å²) in [4.78, 5) is 22.4. The normalized spacial score (nSPS) is 13.9. The molecule has 1 aromatic heterocycles. The predicted octanol–water partition coefficient (Wildman–Crippen LogP) is 4.21. The zero-order valence-corrected chi connectivity index (χ0v) is 20.5. The first kappa shape index (κ1) is 23.7. The number of ether oxygens (including phenoxy) is 3. The first-order valence-electron chi connectivity index (χ1n) is 12.2. The molecule has 34 heavy (non-hydrogen) atoms. The summed E-state index contributed by atoms with van der Waals surface area (Å²) >= 11 is 0. The van der Waals surface area contributed by atoms with Crippen molar-refractivity contribution in [3.8, 4) is 17.2 Å². The standard InChI is InChI=1S/C26H34N4O4/c1-5-30-21-12-10-9-11-20(21)27-26(30)29-15-13-28(14-16-29)25(31)19-17-22(32-6-2)24(34-8-4)23(18-19)33-7-3/h9-12,17-18H,5-8,13-16H2,1-4H3. The second-order valence-corrected chi connectivity index (χ2v) is 8.02. The first-order valence-corrected chi connectivity index (χ1v) is 12.2. The van der Waals surface area contributed by atoms with Crippen LogP contribution in [0, 0.1) is 0 Å². The van der Waals surface area contributed by atoms with E-state index in [0.29, 0.717) is 55.7 Å². The van der Waals surface area contributed by atoms with Gasteiger partial charge < -0.3 is 28.6 Å². The highest BCUT2D eigenvalue weighted by molar-refractivity contribution is 5.96. The summed E-state index contributed by atoms with van der Waals surface area (Å²) in [5.41, 5.74) is 2.68. The average molecular weight is 467 g/mol. The number of aryl methyl sites for hydroxylation is 1. The Balaban J connectivity index is 1.53. The minimum Gasteiger partial charge on any atom is -0.490 e. The fourth-order valence-corrected chi connectivity index (χ4v) is 4.42. The zero-order valence-electron chi connectivity index (χ0n) is 20.5. The Morgan fingerprint density at radius 3 is 2.09 bits per heavy atom. The topological polar surface area (TPSA) is 69.1 Å². The summed E-state index contributed by atoms with van der Waals surface area (Å²) in [6, 6.07) is 11.7. The second-order valence-electron chi connectivity index (χ2n) is 8.02. The molecule has 182 valence electrons. The molecule has 1 aliphatic heterocycles. The third-order valence-electron chi connectivity index (χ3n) is 5.96. The number of fused-ring (bicyclic) bond motifs is 1. The van der Waals surface area contributed by atoms with Crippen LogP contribution in [0.5, 0.6) is 17.2 Å². The molecule has 3 aromatic rings. The molecule has 0 radical (unpaired) electrons. The molecule has 4 rings (SSSR count). The van der Waals surface area contributed by atoms with Crippen LogP contribution in [-0.2, 0) is 6.54 Å².